The van der Waals surface area contributed by atoms with E-state index in [2.05, 4.69) is 20.8 Å². The molecule has 1 aliphatic heterocycles. The number of nitrogens with zero attached hydrogens (tertiary/aromatic N) is 1. The van der Waals surface area contributed by atoms with Crippen LogP contribution in [0.2, 0.25) is 0 Å². The Kier molecular flexibility index (Phi) is 5.16. The van der Waals surface area contributed by atoms with Gasteiger partial charge < -0.3 is 9.64 Å². The smallest absolute Gasteiger partial charge is 0.250 e. The van der Waals surface area contributed by atoms with Crippen LogP contribution in [0.4, 0.5) is 8.78 Å². The van der Waals surface area contributed by atoms with Crippen molar-refractivity contribution in [3.8, 4) is 5.75 Å². The Hall–Kier alpha value is -0.680. The molecule has 1 aromatic rings. The molecule has 0 bridgehead atoms. The summed E-state index contributed by atoms with van der Waals surface area (Å²) in [5.74, 6) is -1.63. The van der Waals surface area contributed by atoms with Gasteiger partial charge in [-0.15, -0.1) is 0 Å². The average Bonchev–Trinajstić information content (AvgIpc) is 2.38. The minimum Gasteiger partial charge on any atom is -0.492 e. The van der Waals surface area contributed by atoms with Gasteiger partial charge in [0.2, 0.25) is 0 Å². The third-order valence-electron chi connectivity index (χ3n) is 3.30. The highest BCUT2D eigenvalue weighted by molar-refractivity contribution is 9.10. The second kappa shape index (κ2) is 6.66. The van der Waals surface area contributed by atoms with E-state index in [9.17, 15) is 8.78 Å². The number of ether oxygens (including phenoxy) is 1. The summed E-state index contributed by atoms with van der Waals surface area (Å²) in [7, 11) is 0. The fraction of sp³-hybridized carbons (Fsp3) is 0.571. The van der Waals surface area contributed by atoms with E-state index in [1.54, 1.807) is 0 Å². The van der Waals surface area contributed by atoms with Crippen molar-refractivity contribution in [3.05, 3.63) is 28.7 Å². The normalized spacial score (nSPS) is 19.3. The molecular weight excluding hydrogens is 316 g/mol. The zero-order chi connectivity index (χ0) is 13.7. The Morgan fingerprint density at radius 3 is 2.58 bits per heavy atom. The standard InChI is InChI=1S/C14H18BrF2NO/c15-12-4-1-2-5-13(12)19-11-3-8-18-9-6-14(16,17)7-10-18/h1-2,4-5H,3,6-11H2. The van der Waals surface area contributed by atoms with Crippen LogP contribution in [0, 0.1) is 0 Å². The van der Waals surface area contributed by atoms with Gasteiger partial charge in [-0.3, -0.25) is 0 Å². The molecule has 1 heterocycles. The maximum atomic E-state index is 13.0. The first kappa shape index (κ1) is 14.7. The van der Waals surface area contributed by atoms with Crippen LogP contribution in [0.3, 0.4) is 0 Å². The number of hydrogen-bond donors (Lipinski definition) is 0. The van der Waals surface area contributed by atoms with Crippen molar-refractivity contribution in [1.82, 2.24) is 4.90 Å². The van der Waals surface area contributed by atoms with Gasteiger partial charge >= 0.3 is 0 Å². The van der Waals surface area contributed by atoms with Gasteiger partial charge in [-0.05, 0) is 34.5 Å². The molecule has 1 saturated heterocycles. The molecule has 1 fully saturated rings. The van der Waals surface area contributed by atoms with Crippen LogP contribution in [-0.2, 0) is 0 Å². The summed E-state index contributed by atoms with van der Waals surface area (Å²) in [4.78, 5) is 2.08. The van der Waals surface area contributed by atoms with Gasteiger partial charge in [0, 0.05) is 32.5 Å². The maximum Gasteiger partial charge on any atom is 0.250 e. The zero-order valence-electron chi connectivity index (χ0n) is 10.7. The molecule has 0 unspecified atom stereocenters. The lowest BCUT2D eigenvalue weighted by atomic mass is 10.1. The second-order valence-electron chi connectivity index (χ2n) is 4.83. The molecule has 1 aromatic carbocycles. The van der Waals surface area contributed by atoms with Crippen LogP contribution in [0.15, 0.2) is 28.7 Å². The summed E-state index contributed by atoms with van der Waals surface area (Å²) < 4.78 is 32.5. The summed E-state index contributed by atoms with van der Waals surface area (Å²) in [6.45, 7) is 2.40. The van der Waals surface area contributed by atoms with Gasteiger partial charge in [0.1, 0.15) is 5.75 Å². The fourth-order valence-electron chi connectivity index (χ4n) is 2.14. The van der Waals surface area contributed by atoms with Crippen LogP contribution < -0.4 is 4.74 Å². The molecular formula is C14H18BrF2NO. The first-order valence-corrected chi connectivity index (χ1v) is 7.34. The van der Waals surface area contributed by atoms with Crippen LogP contribution in [0.5, 0.6) is 5.75 Å². The van der Waals surface area contributed by atoms with Crippen LogP contribution in [-0.4, -0.2) is 37.1 Å². The molecule has 0 spiro atoms. The minimum absolute atomic E-state index is 0.0158. The van der Waals surface area contributed by atoms with E-state index < -0.39 is 5.92 Å². The number of likely N-dealkylation sites (tertiary alicyclic amines) is 1. The summed E-state index contributed by atoms with van der Waals surface area (Å²) in [5.41, 5.74) is 0. The van der Waals surface area contributed by atoms with Crippen molar-refractivity contribution in [2.75, 3.05) is 26.2 Å². The highest BCUT2D eigenvalue weighted by Gasteiger charge is 2.33. The van der Waals surface area contributed by atoms with Crippen LogP contribution in [0.25, 0.3) is 0 Å². The van der Waals surface area contributed by atoms with E-state index in [-0.39, 0.29) is 12.8 Å². The second-order valence-corrected chi connectivity index (χ2v) is 5.68. The monoisotopic (exact) mass is 333 g/mol. The topological polar surface area (TPSA) is 12.5 Å². The van der Waals surface area contributed by atoms with E-state index in [4.69, 9.17) is 4.74 Å². The van der Waals surface area contributed by atoms with E-state index in [0.29, 0.717) is 19.7 Å². The van der Waals surface area contributed by atoms with Crippen molar-refractivity contribution in [1.29, 1.82) is 0 Å². The SMILES string of the molecule is FC1(F)CCN(CCCOc2ccccc2Br)CC1. The molecule has 0 aromatic heterocycles. The van der Waals surface area contributed by atoms with E-state index >= 15 is 0 Å². The minimum atomic E-state index is -2.46. The highest BCUT2D eigenvalue weighted by atomic mass is 79.9. The molecule has 0 atom stereocenters. The molecule has 0 amide bonds. The van der Waals surface area contributed by atoms with E-state index in [0.717, 1.165) is 23.2 Å². The Morgan fingerprint density at radius 1 is 1.21 bits per heavy atom. The van der Waals surface area contributed by atoms with Gasteiger partial charge in [-0.2, -0.15) is 0 Å². The van der Waals surface area contributed by atoms with Crippen LogP contribution in [0.1, 0.15) is 19.3 Å². The largest absolute Gasteiger partial charge is 0.492 e. The first-order chi connectivity index (χ1) is 9.07. The molecule has 0 saturated carbocycles. The lowest BCUT2D eigenvalue weighted by molar-refractivity contribution is -0.0554. The van der Waals surface area contributed by atoms with Crippen molar-refractivity contribution in [3.63, 3.8) is 0 Å². The number of alkyl halides is 2. The Morgan fingerprint density at radius 2 is 1.89 bits per heavy atom. The lowest BCUT2D eigenvalue weighted by Gasteiger charge is -2.31. The number of rotatable bonds is 5. The van der Waals surface area contributed by atoms with Crippen molar-refractivity contribution < 1.29 is 13.5 Å². The molecule has 5 heteroatoms. The molecule has 0 N–H and O–H groups in total. The third-order valence-corrected chi connectivity index (χ3v) is 3.96. The zero-order valence-corrected chi connectivity index (χ0v) is 12.3. The molecule has 0 aliphatic carbocycles. The summed E-state index contributed by atoms with van der Waals surface area (Å²) in [5, 5.41) is 0. The first-order valence-electron chi connectivity index (χ1n) is 6.54. The van der Waals surface area contributed by atoms with Crippen molar-refractivity contribution in [2.45, 2.75) is 25.2 Å². The summed E-state index contributed by atoms with van der Waals surface area (Å²) >= 11 is 3.42. The van der Waals surface area contributed by atoms with Crippen LogP contribution >= 0.6 is 15.9 Å². The number of benzene rings is 1. The molecule has 2 rings (SSSR count). The predicted octanol–water partition coefficient (Wildman–Crippen LogP) is 3.95. The van der Waals surface area contributed by atoms with Gasteiger partial charge in [0.25, 0.3) is 5.92 Å². The lowest BCUT2D eigenvalue weighted by Crippen LogP contribution is -2.40. The van der Waals surface area contributed by atoms with E-state index in [1.165, 1.54) is 0 Å². The average molecular weight is 334 g/mol. The number of piperidine rings is 1. The van der Waals surface area contributed by atoms with Gasteiger partial charge in [0.15, 0.2) is 0 Å². The Bertz CT molecular complexity index is 404. The number of hydrogen-bond acceptors (Lipinski definition) is 2. The van der Waals surface area contributed by atoms with Gasteiger partial charge in [0.05, 0.1) is 11.1 Å². The maximum absolute atomic E-state index is 13.0. The highest BCUT2D eigenvalue weighted by Crippen LogP contribution is 2.27. The van der Waals surface area contributed by atoms with Crippen molar-refractivity contribution in [2.24, 2.45) is 0 Å². The molecule has 0 radical (unpaired) electrons. The molecule has 1 aliphatic rings. The number of halogens is 3. The van der Waals surface area contributed by atoms with Gasteiger partial charge in [-0.1, -0.05) is 12.1 Å². The molecule has 2 nitrogen and oxygen atoms in total. The Balaban J connectivity index is 1.64. The predicted molar refractivity (Wildman–Crippen MR) is 74.9 cm³/mol. The quantitative estimate of drug-likeness (QED) is 0.756. The molecule has 19 heavy (non-hydrogen) atoms. The summed E-state index contributed by atoms with van der Waals surface area (Å²) in [6, 6.07) is 7.70. The number of para-hydroxylation sites is 1. The van der Waals surface area contributed by atoms with Crippen molar-refractivity contribution >= 4 is 15.9 Å². The van der Waals surface area contributed by atoms with Gasteiger partial charge in [-0.25, -0.2) is 8.78 Å². The summed E-state index contributed by atoms with van der Waals surface area (Å²) in [6.07, 6.45) is 0.823. The molecule has 106 valence electrons. The third kappa shape index (κ3) is 4.73. The fourth-order valence-corrected chi connectivity index (χ4v) is 2.54. The Labute approximate surface area is 120 Å². The van der Waals surface area contributed by atoms with E-state index in [1.807, 2.05) is 24.3 Å².